The highest BCUT2D eigenvalue weighted by Gasteiger charge is 2.38. The van der Waals surface area contributed by atoms with Gasteiger partial charge in [0, 0.05) is 31.9 Å². The lowest BCUT2D eigenvalue weighted by Crippen LogP contribution is -2.48. The fraction of sp³-hybridized carbons (Fsp3) is 0.474. The molecule has 1 saturated heterocycles. The zero-order valence-corrected chi connectivity index (χ0v) is 17.4. The number of aromatic carboxylic acids is 1. The van der Waals surface area contributed by atoms with Crippen molar-refractivity contribution in [1.82, 2.24) is 30.1 Å². The van der Waals surface area contributed by atoms with Gasteiger partial charge < -0.3 is 14.9 Å². The lowest BCUT2D eigenvalue weighted by atomic mass is 10.1. The van der Waals surface area contributed by atoms with Crippen LogP contribution in [-0.2, 0) is 19.0 Å². The number of hydrogen-bond donors (Lipinski definition) is 2. The van der Waals surface area contributed by atoms with Crippen molar-refractivity contribution < 1.29 is 23.1 Å². The standard InChI is InChI=1S/C19H21F3N8O2/c1-3-10-13(17(31)32)16(26-18(25-10)19(20,21)22)30-7-5-29(6-8-30)15-12-11(4-2)27-28-14(12)23-9-24-15/h9H,3-8H2,1-2H3,(H,31,32)(H,23,24,27,28). The van der Waals surface area contributed by atoms with Crippen LogP contribution in [0.3, 0.4) is 0 Å². The lowest BCUT2D eigenvalue weighted by Gasteiger charge is -2.37. The van der Waals surface area contributed by atoms with Crippen LogP contribution >= 0.6 is 0 Å². The van der Waals surface area contributed by atoms with Crippen LogP contribution in [0.5, 0.6) is 0 Å². The number of nitrogens with zero attached hydrogens (tertiary/aromatic N) is 7. The van der Waals surface area contributed by atoms with Gasteiger partial charge in [0.1, 0.15) is 23.5 Å². The molecule has 3 aromatic heterocycles. The molecule has 170 valence electrons. The van der Waals surface area contributed by atoms with Crippen molar-refractivity contribution >= 4 is 28.6 Å². The number of halogens is 3. The summed E-state index contributed by atoms with van der Waals surface area (Å²) in [5.41, 5.74) is 1.01. The van der Waals surface area contributed by atoms with Gasteiger partial charge in [-0.05, 0) is 12.8 Å². The Labute approximate surface area is 180 Å². The number of aryl methyl sites for hydroxylation is 2. The third-order valence-corrected chi connectivity index (χ3v) is 5.41. The van der Waals surface area contributed by atoms with Gasteiger partial charge in [-0.15, -0.1) is 0 Å². The highest BCUT2D eigenvalue weighted by atomic mass is 19.4. The number of H-pyrrole nitrogens is 1. The highest BCUT2D eigenvalue weighted by Crippen LogP contribution is 2.32. The summed E-state index contributed by atoms with van der Waals surface area (Å²) in [7, 11) is 0. The van der Waals surface area contributed by atoms with Crippen LogP contribution in [0.2, 0.25) is 0 Å². The van der Waals surface area contributed by atoms with E-state index in [1.807, 2.05) is 11.8 Å². The Hall–Kier alpha value is -3.51. The first-order chi connectivity index (χ1) is 15.2. The first kappa shape index (κ1) is 21.7. The second-order valence-corrected chi connectivity index (χ2v) is 7.27. The molecule has 4 heterocycles. The minimum Gasteiger partial charge on any atom is -0.477 e. The van der Waals surface area contributed by atoms with E-state index in [1.54, 1.807) is 11.8 Å². The number of hydrogen-bond acceptors (Lipinski definition) is 8. The molecule has 0 saturated carbocycles. The molecule has 0 amide bonds. The molecule has 0 radical (unpaired) electrons. The molecule has 0 aromatic carbocycles. The van der Waals surface area contributed by atoms with Crippen LogP contribution < -0.4 is 9.80 Å². The Morgan fingerprint density at radius 3 is 2.28 bits per heavy atom. The number of anilines is 2. The number of alkyl halides is 3. The molecule has 1 aliphatic rings. The van der Waals surface area contributed by atoms with Crippen LogP contribution in [0.1, 0.15) is 41.4 Å². The van der Waals surface area contributed by atoms with Crippen molar-refractivity contribution in [3.8, 4) is 0 Å². The summed E-state index contributed by atoms with van der Waals surface area (Å²) in [6.07, 6.45) is -2.61. The van der Waals surface area contributed by atoms with E-state index in [1.165, 1.54) is 6.33 Å². The number of carboxylic acids is 1. The third kappa shape index (κ3) is 3.78. The molecule has 4 rings (SSSR count). The van der Waals surface area contributed by atoms with Gasteiger partial charge >= 0.3 is 12.1 Å². The summed E-state index contributed by atoms with van der Waals surface area (Å²) in [4.78, 5) is 31.1. The van der Waals surface area contributed by atoms with Crippen molar-refractivity contribution in [2.24, 2.45) is 0 Å². The van der Waals surface area contributed by atoms with Gasteiger partial charge in [-0.25, -0.2) is 24.7 Å². The molecule has 0 aliphatic carbocycles. The molecule has 2 N–H and O–H groups in total. The maximum Gasteiger partial charge on any atom is 0.451 e. The van der Waals surface area contributed by atoms with E-state index < -0.39 is 18.0 Å². The Kier molecular flexibility index (Phi) is 5.57. The van der Waals surface area contributed by atoms with Gasteiger partial charge in [-0.3, -0.25) is 5.10 Å². The topological polar surface area (TPSA) is 124 Å². The average Bonchev–Trinajstić information content (AvgIpc) is 3.21. The molecule has 0 atom stereocenters. The highest BCUT2D eigenvalue weighted by molar-refractivity contribution is 5.95. The molecule has 13 heteroatoms. The van der Waals surface area contributed by atoms with Gasteiger partial charge in [-0.1, -0.05) is 13.8 Å². The van der Waals surface area contributed by atoms with E-state index in [-0.39, 0.29) is 36.6 Å². The molecule has 32 heavy (non-hydrogen) atoms. The van der Waals surface area contributed by atoms with Gasteiger partial charge in [0.2, 0.25) is 5.82 Å². The zero-order valence-electron chi connectivity index (χ0n) is 17.4. The number of rotatable bonds is 5. The molecular weight excluding hydrogens is 429 g/mol. The number of aromatic amines is 1. The number of aromatic nitrogens is 6. The Morgan fingerprint density at radius 2 is 1.72 bits per heavy atom. The van der Waals surface area contributed by atoms with Gasteiger partial charge in [-0.2, -0.15) is 18.3 Å². The SMILES string of the molecule is CCc1nc(C(F)(F)F)nc(N2CCN(c3ncnc4n[nH]c(CC)c34)CC2)c1C(=O)O. The predicted molar refractivity (Wildman–Crippen MR) is 109 cm³/mol. The van der Waals surface area contributed by atoms with Crippen molar-refractivity contribution in [2.75, 3.05) is 36.0 Å². The largest absolute Gasteiger partial charge is 0.477 e. The quantitative estimate of drug-likeness (QED) is 0.602. The molecule has 1 aliphatic heterocycles. The van der Waals surface area contributed by atoms with Crippen molar-refractivity contribution in [3.63, 3.8) is 0 Å². The Bertz CT molecular complexity index is 1160. The van der Waals surface area contributed by atoms with E-state index >= 15 is 0 Å². The summed E-state index contributed by atoms with van der Waals surface area (Å²) in [6, 6.07) is 0. The smallest absolute Gasteiger partial charge is 0.451 e. The third-order valence-electron chi connectivity index (χ3n) is 5.41. The predicted octanol–water partition coefficient (Wildman–Crippen LogP) is 2.31. The Balaban J connectivity index is 1.66. The molecule has 0 bridgehead atoms. The maximum absolute atomic E-state index is 13.3. The summed E-state index contributed by atoms with van der Waals surface area (Å²) >= 11 is 0. The monoisotopic (exact) mass is 450 g/mol. The van der Waals surface area contributed by atoms with Gasteiger partial charge in [0.05, 0.1) is 11.1 Å². The van der Waals surface area contributed by atoms with Crippen LogP contribution in [0, 0.1) is 0 Å². The normalized spacial score (nSPS) is 14.9. The first-order valence-electron chi connectivity index (χ1n) is 10.1. The molecule has 0 unspecified atom stereocenters. The summed E-state index contributed by atoms with van der Waals surface area (Å²) in [5, 5.41) is 17.6. The van der Waals surface area contributed by atoms with Crippen LogP contribution in [-0.4, -0.2) is 67.4 Å². The van der Waals surface area contributed by atoms with Crippen molar-refractivity contribution in [1.29, 1.82) is 0 Å². The number of nitrogens with one attached hydrogen (secondary N) is 1. The molecular formula is C19H21F3N8O2. The van der Waals surface area contributed by atoms with E-state index in [4.69, 9.17) is 0 Å². The maximum atomic E-state index is 13.3. The van der Waals surface area contributed by atoms with Gasteiger partial charge in [0.25, 0.3) is 0 Å². The summed E-state index contributed by atoms with van der Waals surface area (Å²) < 4.78 is 40.0. The Morgan fingerprint density at radius 1 is 1.06 bits per heavy atom. The summed E-state index contributed by atoms with van der Waals surface area (Å²) in [5.74, 6) is -2.20. The molecule has 1 fully saturated rings. The molecule has 3 aromatic rings. The van der Waals surface area contributed by atoms with Crippen molar-refractivity contribution in [2.45, 2.75) is 32.9 Å². The molecule has 10 nitrogen and oxygen atoms in total. The average molecular weight is 450 g/mol. The van der Waals surface area contributed by atoms with Crippen LogP contribution in [0.4, 0.5) is 24.8 Å². The second kappa shape index (κ2) is 8.20. The zero-order chi connectivity index (χ0) is 23.0. The van der Waals surface area contributed by atoms with Gasteiger partial charge in [0.15, 0.2) is 5.65 Å². The first-order valence-corrected chi connectivity index (χ1v) is 10.1. The van der Waals surface area contributed by atoms with E-state index in [9.17, 15) is 23.1 Å². The minimum atomic E-state index is -4.78. The fourth-order valence-corrected chi connectivity index (χ4v) is 3.85. The second-order valence-electron chi connectivity index (χ2n) is 7.27. The summed E-state index contributed by atoms with van der Waals surface area (Å²) in [6.45, 7) is 4.89. The molecule has 0 spiro atoms. The number of carboxylic acid groups (broad SMARTS) is 1. The van der Waals surface area contributed by atoms with E-state index in [0.29, 0.717) is 31.0 Å². The van der Waals surface area contributed by atoms with E-state index in [2.05, 4.69) is 30.1 Å². The van der Waals surface area contributed by atoms with E-state index in [0.717, 1.165) is 11.1 Å². The lowest BCUT2D eigenvalue weighted by molar-refractivity contribution is -0.145. The van der Waals surface area contributed by atoms with Crippen LogP contribution in [0.25, 0.3) is 11.0 Å². The number of fused-ring (bicyclic) bond motifs is 1. The fourth-order valence-electron chi connectivity index (χ4n) is 3.85. The minimum absolute atomic E-state index is 0.0411. The van der Waals surface area contributed by atoms with Crippen LogP contribution in [0.15, 0.2) is 6.33 Å². The number of carbonyl (C=O) groups is 1. The number of piperazine rings is 1. The van der Waals surface area contributed by atoms with Crippen molar-refractivity contribution in [3.05, 3.63) is 29.1 Å².